The van der Waals surface area contributed by atoms with Gasteiger partial charge >= 0.3 is 0 Å². The number of rotatable bonds is 7. The van der Waals surface area contributed by atoms with E-state index in [0.717, 1.165) is 44.5 Å². The molecule has 1 N–H and O–H groups in total. The van der Waals surface area contributed by atoms with Gasteiger partial charge in [0.15, 0.2) is 5.16 Å². The average molecular weight is 470 g/mol. The van der Waals surface area contributed by atoms with E-state index < -0.39 is 0 Å². The van der Waals surface area contributed by atoms with Gasteiger partial charge in [0.05, 0.1) is 5.75 Å². The summed E-state index contributed by atoms with van der Waals surface area (Å²) < 4.78 is 1.91. The molecule has 2 amide bonds. The second-order valence-corrected chi connectivity index (χ2v) is 10.5. The summed E-state index contributed by atoms with van der Waals surface area (Å²) in [6.45, 7) is 5.83. The van der Waals surface area contributed by atoms with Gasteiger partial charge in [-0.2, -0.15) is 0 Å². The predicted molar refractivity (Wildman–Crippen MR) is 130 cm³/mol. The smallest absolute Gasteiger partial charge is 0.230 e. The second-order valence-electron chi connectivity index (χ2n) is 9.52. The van der Waals surface area contributed by atoms with Crippen molar-refractivity contribution in [1.29, 1.82) is 0 Å². The zero-order chi connectivity index (χ0) is 23.2. The van der Waals surface area contributed by atoms with E-state index in [1.807, 2.05) is 9.47 Å². The van der Waals surface area contributed by atoms with Crippen molar-refractivity contribution < 1.29 is 9.59 Å². The molecule has 2 aliphatic rings. The maximum absolute atomic E-state index is 12.7. The van der Waals surface area contributed by atoms with Crippen LogP contribution in [0.5, 0.6) is 0 Å². The minimum absolute atomic E-state index is 0.00163. The van der Waals surface area contributed by atoms with Crippen LogP contribution in [0.15, 0.2) is 35.7 Å². The fourth-order valence-electron chi connectivity index (χ4n) is 4.77. The number of piperidine rings is 1. The normalized spacial score (nSPS) is 18.0. The van der Waals surface area contributed by atoms with E-state index in [9.17, 15) is 9.59 Å². The highest BCUT2D eigenvalue weighted by atomic mass is 32.2. The Bertz CT molecular complexity index is 929. The number of carbonyl (C=O) groups is 2. The van der Waals surface area contributed by atoms with Gasteiger partial charge in [0, 0.05) is 30.7 Å². The minimum Gasteiger partial charge on any atom is -0.353 e. The highest BCUT2D eigenvalue weighted by Gasteiger charge is 2.29. The van der Waals surface area contributed by atoms with Gasteiger partial charge in [-0.05, 0) is 49.3 Å². The molecule has 33 heavy (non-hydrogen) atoms. The van der Waals surface area contributed by atoms with Crippen LogP contribution < -0.4 is 5.32 Å². The summed E-state index contributed by atoms with van der Waals surface area (Å²) in [7, 11) is 0. The summed E-state index contributed by atoms with van der Waals surface area (Å²) in [5, 5.41) is 12.1. The van der Waals surface area contributed by atoms with Crippen LogP contribution in [0, 0.1) is 5.92 Å². The van der Waals surface area contributed by atoms with E-state index in [2.05, 4.69) is 53.6 Å². The molecule has 1 aliphatic heterocycles. The first-order valence-corrected chi connectivity index (χ1v) is 13.2. The van der Waals surface area contributed by atoms with Gasteiger partial charge in [-0.1, -0.05) is 57.0 Å². The molecule has 0 unspecified atom stereocenters. The Hall–Kier alpha value is -2.35. The molecule has 8 heteroatoms. The standard InChI is InChI=1S/C25H35N5O2S/c1-18(2)19-8-10-22(11-9-19)30-17-26-28-25(30)33-16-23(31)27-21-12-14-29(15-13-21)24(32)20-6-4-3-5-7-20/h8-11,17-18,20-21H,3-7,12-16H2,1-2H3,(H,27,31). The number of hydrogen-bond donors (Lipinski definition) is 1. The fourth-order valence-corrected chi connectivity index (χ4v) is 5.51. The zero-order valence-corrected chi connectivity index (χ0v) is 20.5. The van der Waals surface area contributed by atoms with Crippen LogP contribution in [0.4, 0.5) is 0 Å². The molecule has 0 bridgehead atoms. The Morgan fingerprint density at radius 3 is 2.42 bits per heavy atom. The lowest BCUT2D eigenvalue weighted by Crippen LogP contribution is -2.48. The van der Waals surface area contributed by atoms with Crippen molar-refractivity contribution in [3.05, 3.63) is 36.2 Å². The van der Waals surface area contributed by atoms with Gasteiger partial charge in [0.25, 0.3) is 0 Å². The molecule has 0 radical (unpaired) electrons. The van der Waals surface area contributed by atoms with Crippen molar-refractivity contribution in [2.45, 2.75) is 75.9 Å². The lowest BCUT2D eigenvalue weighted by Gasteiger charge is -2.35. The van der Waals surface area contributed by atoms with Crippen molar-refractivity contribution in [2.24, 2.45) is 5.92 Å². The first kappa shape index (κ1) is 23.8. The number of carbonyl (C=O) groups excluding carboxylic acids is 2. The number of hydrogen-bond acceptors (Lipinski definition) is 5. The van der Waals surface area contributed by atoms with Gasteiger partial charge in [0.1, 0.15) is 6.33 Å². The molecule has 2 aromatic rings. The molecule has 1 aromatic carbocycles. The Labute approximate surface area is 200 Å². The molecule has 4 rings (SSSR count). The summed E-state index contributed by atoms with van der Waals surface area (Å²) in [6.07, 6.45) is 9.04. The number of thioether (sulfide) groups is 1. The van der Waals surface area contributed by atoms with Crippen molar-refractivity contribution in [3.8, 4) is 5.69 Å². The molecule has 2 fully saturated rings. The SMILES string of the molecule is CC(C)c1ccc(-n2cnnc2SCC(=O)NC2CCN(C(=O)C3CCCCC3)CC2)cc1. The first-order valence-electron chi connectivity index (χ1n) is 12.2. The molecule has 1 saturated heterocycles. The van der Waals surface area contributed by atoms with Crippen LogP contribution >= 0.6 is 11.8 Å². The number of nitrogens with zero attached hydrogens (tertiary/aromatic N) is 4. The van der Waals surface area contributed by atoms with E-state index in [4.69, 9.17) is 0 Å². The van der Waals surface area contributed by atoms with Crippen LogP contribution in [-0.4, -0.2) is 56.4 Å². The number of benzene rings is 1. The van der Waals surface area contributed by atoms with Crippen molar-refractivity contribution in [3.63, 3.8) is 0 Å². The maximum Gasteiger partial charge on any atom is 0.230 e. The molecule has 1 aliphatic carbocycles. The van der Waals surface area contributed by atoms with Crippen LogP contribution in [0.25, 0.3) is 5.69 Å². The summed E-state index contributed by atoms with van der Waals surface area (Å²) in [5.41, 5.74) is 2.27. The largest absolute Gasteiger partial charge is 0.353 e. The Morgan fingerprint density at radius 2 is 1.76 bits per heavy atom. The van der Waals surface area contributed by atoms with Gasteiger partial charge in [-0.25, -0.2) is 0 Å². The molecule has 0 atom stereocenters. The summed E-state index contributed by atoms with van der Waals surface area (Å²) >= 11 is 1.39. The molecule has 1 saturated carbocycles. The van der Waals surface area contributed by atoms with Crippen molar-refractivity contribution in [1.82, 2.24) is 25.0 Å². The quantitative estimate of drug-likeness (QED) is 0.616. The molecular formula is C25H35N5O2S. The zero-order valence-electron chi connectivity index (χ0n) is 19.7. The number of amides is 2. The van der Waals surface area contributed by atoms with Crippen LogP contribution in [-0.2, 0) is 9.59 Å². The third-order valence-corrected chi connectivity index (χ3v) is 7.76. The molecule has 2 heterocycles. The molecule has 0 spiro atoms. The van der Waals surface area contributed by atoms with E-state index in [-0.39, 0.29) is 17.9 Å². The van der Waals surface area contributed by atoms with Gasteiger partial charge in [-0.15, -0.1) is 10.2 Å². The molecular weight excluding hydrogens is 434 g/mol. The number of likely N-dealkylation sites (tertiary alicyclic amines) is 1. The highest BCUT2D eigenvalue weighted by molar-refractivity contribution is 7.99. The Kier molecular flexibility index (Phi) is 8.06. The molecule has 1 aromatic heterocycles. The van der Waals surface area contributed by atoms with E-state index in [1.165, 1.54) is 36.6 Å². The summed E-state index contributed by atoms with van der Waals surface area (Å²) in [4.78, 5) is 27.3. The number of nitrogens with one attached hydrogen (secondary N) is 1. The van der Waals surface area contributed by atoms with Crippen LogP contribution in [0.1, 0.15) is 70.3 Å². The van der Waals surface area contributed by atoms with E-state index in [1.54, 1.807) is 6.33 Å². The summed E-state index contributed by atoms with van der Waals surface area (Å²) in [6, 6.07) is 8.49. The van der Waals surface area contributed by atoms with E-state index >= 15 is 0 Å². The topological polar surface area (TPSA) is 80.1 Å². The average Bonchev–Trinajstić information content (AvgIpc) is 3.32. The van der Waals surface area contributed by atoms with Gasteiger partial charge in [0.2, 0.25) is 11.8 Å². The highest BCUT2D eigenvalue weighted by Crippen LogP contribution is 2.27. The lowest BCUT2D eigenvalue weighted by molar-refractivity contribution is -0.137. The second kappa shape index (κ2) is 11.2. The Morgan fingerprint density at radius 1 is 1.06 bits per heavy atom. The first-order chi connectivity index (χ1) is 16.0. The minimum atomic E-state index is 0.00163. The van der Waals surface area contributed by atoms with Crippen LogP contribution in [0.2, 0.25) is 0 Å². The predicted octanol–water partition coefficient (Wildman–Crippen LogP) is 4.17. The third kappa shape index (κ3) is 6.16. The number of aromatic nitrogens is 3. The maximum atomic E-state index is 12.7. The Balaban J connectivity index is 1.23. The third-order valence-electron chi connectivity index (χ3n) is 6.81. The van der Waals surface area contributed by atoms with Gasteiger partial charge < -0.3 is 10.2 Å². The van der Waals surface area contributed by atoms with Crippen molar-refractivity contribution in [2.75, 3.05) is 18.8 Å². The van der Waals surface area contributed by atoms with E-state index in [0.29, 0.717) is 22.7 Å². The monoisotopic (exact) mass is 469 g/mol. The summed E-state index contributed by atoms with van der Waals surface area (Å²) in [5.74, 6) is 1.33. The molecule has 7 nitrogen and oxygen atoms in total. The fraction of sp³-hybridized carbons (Fsp3) is 0.600. The lowest BCUT2D eigenvalue weighted by atomic mass is 9.87. The van der Waals surface area contributed by atoms with Crippen molar-refractivity contribution >= 4 is 23.6 Å². The van der Waals surface area contributed by atoms with Gasteiger partial charge in [-0.3, -0.25) is 14.2 Å². The molecule has 178 valence electrons. The van der Waals surface area contributed by atoms with Crippen LogP contribution in [0.3, 0.4) is 0 Å².